The second kappa shape index (κ2) is 5.52. The first kappa shape index (κ1) is 12.4. The number of methoxy groups -OCH3 is 2. The van der Waals surface area contributed by atoms with E-state index in [0.29, 0.717) is 0 Å². The summed E-state index contributed by atoms with van der Waals surface area (Å²) in [4.78, 5) is 0. The maximum atomic E-state index is 5.77. The quantitative estimate of drug-likeness (QED) is 0.866. The first-order valence-corrected chi connectivity index (χ1v) is 6.17. The second-order valence-electron chi connectivity index (χ2n) is 4.66. The van der Waals surface area contributed by atoms with E-state index >= 15 is 0 Å². The molecule has 0 atom stereocenters. The minimum Gasteiger partial charge on any atom is -0.497 e. The zero-order valence-corrected chi connectivity index (χ0v) is 10.7. The predicted molar refractivity (Wildman–Crippen MR) is 68.5 cm³/mol. The Kier molecular flexibility index (Phi) is 4.02. The molecule has 1 N–H and O–H groups in total. The molecular weight excluding hydrogens is 214 g/mol. The highest BCUT2D eigenvalue weighted by Crippen LogP contribution is 2.27. The Morgan fingerprint density at radius 3 is 2.29 bits per heavy atom. The average molecular weight is 235 g/mol. The van der Waals surface area contributed by atoms with Gasteiger partial charge in [0.05, 0.1) is 12.7 Å². The highest BCUT2D eigenvalue weighted by molar-refractivity contribution is 5.28. The van der Waals surface area contributed by atoms with Crippen LogP contribution in [0, 0.1) is 0 Å². The lowest BCUT2D eigenvalue weighted by atomic mass is 9.86. The van der Waals surface area contributed by atoms with E-state index in [4.69, 9.17) is 9.47 Å². The number of benzene rings is 1. The average Bonchev–Trinajstić information content (AvgIpc) is 2.41. The lowest BCUT2D eigenvalue weighted by Crippen LogP contribution is -2.44. The molecule has 3 nitrogen and oxygen atoms in total. The third kappa shape index (κ3) is 2.99. The summed E-state index contributed by atoms with van der Waals surface area (Å²) in [5.41, 5.74) is 1.33. The minimum absolute atomic E-state index is 0.0137. The molecule has 0 radical (unpaired) electrons. The molecule has 0 saturated carbocycles. The number of ether oxygens (including phenoxy) is 2. The fraction of sp³-hybridized carbons (Fsp3) is 0.571. The highest BCUT2D eigenvalue weighted by Gasteiger charge is 2.31. The lowest BCUT2D eigenvalue weighted by Gasteiger charge is -2.36. The highest BCUT2D eigenvalue weighted by atomic mass is 16.5. The fourth-order valence-electron chi connectivity index (χ4n) is 2.45. The van der Waals surface area contributed by atoms with Crippen LogP contribution >= 0.6 is 0 Å². The van der Waals surface area contributed by atoms with Crippen LogP contribution in [0.4, 0.5) is 0 Å². The Bertz CT molecular complexity index is 342. The van der Waals surface area contributed by atoms with Gasteiger partial charge in [0.15, 0.2) is 0 Å². The van der Waals surface area contributed by atoms with Crippen LogP contribution in [0.2, 0.25) is 0 Å². The van der Waals surface area contributed by atoms with Crippen LogP contribution in [0.5, 0.6) is 5.75 Å². The van der Waals surface area contributed by atoms with Gasteiger partial charge in [0, 0.05) is 13.5 Å². The van der Waals surface area contributed by atoms with Gasteiger partial charge >= 0.3 is 0 Å². The van der Waals surface area contributed by atoms with Crippen molar-refractivity contribution in [1.29, 1.82) is 0 Å². The number of hydrogen-bond acceptors (Lipinski definition) is 3. The number of piperidine rings is 1. The first-order valence-electron chi connectivity index (χ1n) is 6.17. The summed E-state index contributed by atoms with van der Waals surface area (Å²) in [7, 11) is 3.52. The van der Waals surface area contributed by atoms with E-state index in [1.807, 2.05) is 19.2 Å². The fourth-order valence-corrected chi connectivity index (χ4v) is 2.45. The number of nitrogens with one attached hydrogen (secondary N) is 1. The lowest BCUT2D eigenvalue weighted by molar-refractivity contribution is -0.0333. The van der Waals surface area contributed by atoms with Gasteiger partial charge in [-0.05, 0) is 43.6 Å². The number of hydrogen-bond donors (Lipinski definition) is 1. The van der Waals surface area contributed by atoms with E-state index in [-0.39, 0.29) is 5.60 Å². The van der Waals surface area contributed by atoms with Crippen molar-refractivity contribution >= 4 is 0 Å². The van der Waals surface area contributed by atoms with Gasteiger partial charge in [0.25, 0.3) is 0 Å². The van der Waals surface area contributed by atoms with E-state index in [1.165, 1.54) is 5.56 Å². The zero-order valence-electron chi connectivity index (χ0n) is 10.7. The van der Waals surface area contributed by atoms with Crippen molar-refractivity contribution in [1.82, 2.24) is 5.32 Å². The normalized spacial score (nSPS) is 18.9. The summed E-state index contributed by atoms with van der Waals surface area (Å²) < 4.78 is 10.9. The second-order valence-corrected chi connectivity index (χ2v) is 4.66. The molecule has 0 aliphatic carbocycles. The van der Waals surface area contributed by atoms with E-state index in [0.717, 1.165) is 38.1 Å². The molecule has 1 aliphatic rings. The molecule has 0 spiro atoms. The van der Waals surface area contributed by atoms with E-state index < -0.39 is 0 Å². The van der Waals surface area contributed by atoms with Gasteiger partial charge in [-0.15, -0.1) is 0 Å². The third-order valence-electron chi connectivity index (χ3n) is 3.63. The van der Waals surface area contributed by atoms with Crippen molar-refractivity contribution in [2.45, 2.75) is 24.9 Å². The Balaban J connectivity index is 2.06. The Hall–Kier alpha value is -1.06. The van der Waals surface area contributed by atoms with Crippen molar-refractivity contribution in [2.24, 2.45) is 0 Å². The van der Waals surface area contributed by atoms with Crippen molar-refractivity contribution in [3.05, 3.63) is 29.8 Å². The topological polar surface area (TPSA) is 30.5 Å². The molecule has 94 valence electrons. The zero-order chi connectivity index (χ0) is 12.1. The van der Waals surface area contributed by atoms with Crippen molar-refractivity contribution in [3.8, 4) is 5.75 Å². The Labute approximate surface area is 103 Å². The van der Waals surface area contributed by atoms with E-state index in [2.05, 4.69) is 17.4 Å². The van der Waals surface area contributed by atoms with Gasteiger partial charge in [0.1, 0.15) is 5.75 Å². The first-order chi connectivity index (χ1) is 8.28. The van der Waals surface area contributed by atoms with Crippen LogP contribution in [0.15, 0.2) is 24.3 Å². The Morgan fingerprint density at radius 2 is 1.76 bits per heavy atom. The SMILES string of the molecule is COc1ccc(CC2(OC)CCNCC2)cc1. The van der Waals surface area contributed by atoms with Crippen LogP contribution in [0.3, 0.4) is 0 Å². The summed E-state index contributed by atoms with van der Waals surface area (Å²) in [6, 6.07) is 8.28. The molecule has 1 heterocycles. The monoisotopic (exact) mass is 235 g/mol. The summed E-state index contributed by atoms with van der Waals surface area (Å²) in [5.74, 6) is 0.908. The smallest absolute Gasteiger partial charge is 0.118 e. The van der Waals surface area contributed by atoms with E-state index in [9.17, 15) is 0 Å². The molecule has 2 rings (SSSR count). The maximum absolute atomic E-state index is 5.77. The Morgan fingerprint density at radius 1 is 1.12 bits per heavy atom. The molecule has 17 heavy (non-hydrogen) atoms. The molecule has 1 aromatic carbocycles. The minimum atomic E-state index is 0.0137. The van der Waals surface area contributed by atoms with Crippen LogP contribution in [-0.4, -0.2) is 32.9 Å². The number of rotatable bonds is 4. The van der Waals surface area contributed by atoms with Gasteiger partial charge in [-0.2, -0.15) is 0 Å². The molecular formula is C14H21NO2. The van der Waals surface area contributed by atoms with Crippen LogP contribution in [0.1, 0.15) is 18.4 Å². The third-order valence-corrected chi connectivity index (χ3v) is 3.63. The van der Waals surface area contributed by atoms with Gasteiger partial charge in [-0.1, -0.05) is 12.1 Å². The maximum Gasteiger partial charge on any atom is 0.118 e. The van der Waals surface area contributed by atoms with E-state index in [1.54, 1.807) is 7.11 Å². The van der Waals surface area contributed by atoms with Crippen molar-refractivity contribution in [3.63, 3.8) is 0 Å². The predicted octanol–water partition coefficient (Wildman–Crippen LogP) is 2.01. The summed E-state index contributed by atoms with van der Waals surface area (Å²) in [6.45, 7) is 2.09. The largest absolute Gasteiger partial charge is 0.497 e. The van der Waals surface area contributed by atoms with Gasteiger partial charge in [0.2, 0.25) is 0 Å². The molecule has 1 aliphatic heterocycles. The van der Waals surface area contributed by atoms with Gasteiger partial charge < -0.3 is 14.8 Å². The van der Waals surface area contributed by atoms with Gasteiger partial charge in [-0.3, -0.25) is 0 Å². The molecule has 0 unspecified atom stereocenters. The molecule has 0 amide bonds. The van der Waals surface area contributed by atoms with Gasteiger partial charge in [-0.25, -0.2) is 0 Å². The van der Waals surface area contributed by atoms with Crippen LogP contribution in [-0.2, 0) is 11.2 Å². The molecule has 0 aromatic heterocycles. The summed E-state index contributed by atoms with van der Waals surface area (Å²) >= 11 is 0. The summed E-state index contributed by atoms with van der Waals surface area (Å²) in [6.07, 6.45) is 3.14. The molecule has 1 aromatic rings. The standard InChI is InChI=1S/C14H21NO2/c1-16-13-5-3-12(4-6-13)11-14(17-2)7-9-15-10-8-14/h3-6,15H,7-11H2,1-2H3. The van der Waals surface area contributed by atoms with Crippen LogP contribution < -0.4 is 10.1 Å². The van der Waals surface area contributed by atoms with Crippen molar-refractivity contribution in [2.75, 3.05) is 27.3 Å². The molecule has 0 bridgehead atoms. The van der Waals surface area contributed by atoms with Crippen LogP contribution in [0.25, 0.3) is 0 Å². The molecule has 3 heteroatoms. The van der Waals surface area contributed by atoms with Crippen molar-refractivity contribution < 1.29 is 9.47 Å². The summed E-state index contributed by atoms with van der Waals surface area (Å²) in [5, 5.41) is 3.38. The molecule has 1 saturated heterocycles. The molecule has 1 fully saturated rings.